The van der Waals surface area contributed by atoms with Gasteiger partial charge in [0.1, 0.15) is 18.0 Å². The summed E-state index contributed by atoms with van der Waals surface area (Å²) in [6.07, 6.45) is 0.553. The first-order valence-corrected chi connectivity index (χ1v) is 10.0. The second-order valence-corrected chi connectivity index (χ2v) is 8.86. The third-order valence-corrected chi connectivity index (χ3v) is 4.93. The summed E-state index contributed by atoms with van der Waals surface area (Å²) >= 11 is 0. The van der Waals surface area contributed by atoms with Gasteiger partial charge in [-0.05, 0) is 59.0 Å². The number of likely N-dealkylation sites (tertiary alicyclic amines) is 1. The van der Waals surface area contributed by atoms with Gasteiger partial charge in [-0.3, -0.25) is 0 Å². The Bertz CT molecular complexity index is 642. The van der Waals surface area contributed by atoms with Crippen LogP contribution in [-0.4, -0.2) is 68.5 Å². The van der Waals surface area contributed by atoms with Gasteiger partial charge in [-0.15, -0.1) is 0 Å². The van der Waals surface area contributed by atoms with Crippen LogP contribution in [0.1, 0.15) is 45.7 Å². The number of hydrogen-bond acceptors (Lipinski definition) is 5. The lowest BCUT2D eigenvalue weighted by Crippen LogP contribution is -2.49. The monoisotopic (exact) mass is 392 g/mol. The summed E-state index contributed by atoms with van der Waals surface area (Å²) in [7, 11) is 5.78. The molecule has 2 rings (SSSR count). The molecule has 6 nitrogen and oxygen atoms in total. The van der Waals surface area contributed by atoms with E-state index >= 15 is 0 Å². The van der Waals surface area contributed by atoms with Gasteiger partial charge in [-0.2, -0.15) is 0 Å². The molecule has 1 aromatic carbocycles. The fraction of sp³-hybridized carbons (Fsp3) is 0.682. The fourth-order valence-corrected chi connectivity index (χ4v) is 3.46. The Labute approximate surface area is 169 Å². The fourth-order valence-electron chi connectivity index (χ4n) is 3.46. The zero-order valence-electron chi connectivity index (χ0n) is 18.4. The highest BCUT2D eigenvalue weighted by Crippen LogP contribution is 2.36. The molecule has 6 heteroatoms. The maximum atomic E-state index is 12.9. The van der Waals surface area contributed by atoms with Gasteiger partial charge in [-0.25, -0.2) is 4.79 Å². The summed E-state index contributed by atoms with van der Waals surface area (Å²) in [4.78, 5) is 16.8. The summed E-state index contributed by atoms with van der Waals surface area (Å²) in [5.74, 6) is 1.06. The highest BCUT2D eigenvalue weighted by atomic mass is 16.6. The highest BCUT2D eigenvalue weighted by Gasteiger charge is 2.38. The van der Waals surface area contributed by atoms with Crippen LogP contribution in [0.2, 0.25) is 0 Å². The average Bonchev–Trinajstić information content (AvgIpc) is 2.60. The number of carbonyl (C=O) groups is 1. The predicted octanol–water partition coefficient (Wildman–Crippen LogP) is 3.96. The molecule has 1 amide bonds. The SMILES string of the molecule is COC1CC(c2cccc(OCCN(C)C)c2)N(C(=O)OC(C)(C)C)CC1C. The van der Waals surface area contributed by atoms with Crippen LogP contribution < -0.4 is 4.74 Å². The van der Waals surface area contributed by atoms with E-state index in [0.717, 1.165) is 24.3 Å². The number of ether oxygens (including phenoxy) is 3. The molecule has 0 aromatic heterocycles. The van der Waals surface area contributed by atoms with Crippen molar-refractivity contribution in [3.05, 3.63) is 29.8 Å². The van der Waals surface area contributed by atoms with E-state index in [2.05, 4.69) is 11.8 Å². The topological polar surface area (TPSA) is 51.2 Å². The van der Waals surface area contributed by atoms with Gasteiger partial charge in [-0.1, -0.05) is 19.1 Å². The number of rotatable bonds is 6. The van der Waals surface area contributed by atoms with E-state index in [1.54, 1.807) is 7.11 Å². The summed E-state index contributed by atoms with van der Waals surface area (Å²) in [5, 5.41) is 0. The standard InChI is InChI=1S/C22H36N2O4/c1-16-15-24(21(25)28-22(2,3)4)19(14-20(16)26-7)17-9-8-10-18(13-17)27-12-11-23(5)6/h8-10,13,16,19-20H,11-12,14-15H2,1-7H3. The van der Waals surface area contributed by atoms with E-state index in [1.807, 2.05) is 64.0 Å². The van der Waals surface area contributed by atoms with Crippen molar-refractivity contribution in [2.75, 3.05) is 40.9 Å². The maximum absolute atomic E-state index is 12.9. The second-order valence-electron chi connectivity index (χ2n) is 8.86. The Morgan fingerprint density at radius 3 is 2.61 bits per heavy atom. The van der Waals surface area contributed by atoms with Gasteiger partial charge >= 0.3 is 6.09 Å². The lowest BCUT2D eigenvalue weighted by Gasteiger charge is -2.43. The number of amides is 1. The summed E-state index contributed by atoms with van der Waals surface area (Å²) in [5.41, 5.74) is 0.516. The van der Waals surface area contributed by atoms with Crippen LogP contribution in [0.3, 0.4) is 0 Å². The van der Waals surface area contributed by atoms with Crippen LogP contribution in [0.4, 0.5) is 4.79 Å². The minimum Gasteiger partial charge on any atom is -0.492 e. The van der Waals surface area contributed by atoms with E-state index in [-0.39, 0.29) is 24.2 Å². The Hall–Kier alpha value is -1.79. The third-order valence-electron chi connectivity index (χ3n) is 4.93. The van der Waals surface area contributed by atoms with Crippen LogP contribution in [0.25, 0.3) is 0 Å². The normalized spacial score (nSPS) is 23.0. The molecule has 158 valence electrons. The molecule has 1 fully saturated rings. The Kier molecular flexibility index (Phi) is 7.72. The number of carbonyl (C=O) groups excluding carboxylic acids is 1. The summed E-state index contributed by atoms with van der Waals surface area (Å²) in [6, 6.07) is 7.90. The van der Waals surface area contributed by atoms with Crippen molar-refractivity contribution >= 4 is 6.09 Å². The first-order valence-electron chi connectivity index (χ1n) is 10.0. The summed E-state index contributed by atoms with van der Waals surface area (Å²) < 4.78 is 17.3. The minimum atomic E-state index is -0.528. The largest absolute Gasteiger partial charge is 0.492 e. The summed E-state index contributed by atoms with van der Waals surface area (Å²) in [6.45, 7) is 9.86. The van der Waals surface area contributed by atoms with Crippen LogP contribution in [0.5, 0.6) is 5.75 Å². The molecule has 3 atom stereocenters. The molecule has 1 aliphatic rings. The van der Waals surface area contributed by atoms with Crippen LogP contribution in [-0.2, 0) is 9.47 Å². The van der Waals surface area contributed by atoms with Gasteiger partial charge in [0.15, 0.2) is 0 Å². The molecule has 3 unspecified atom stereocenters. The van der Waals surface area contributed by atoms with Crippen molar-refractivity contribution in [1.29, 1.82) is 0 Å². The molecular weight excluding hydrogens is 356 g/mol. The van der Waals surface area contributed by atoms with Gasteiger partial charge in [0.05, 0.1) is 12.1 Å². The van der Waals surface area contributed by atoms with Gasteiger partial charge in [0.2, 0.25) is 0 Å². The zero-order chi connectivity index (χ0) is 20.9. The molecule has 0 saturated carbocycles. The van der Waals surface area contributed by atoms with Gasteiger partial charge in [0.25, 0.3) is 0 Å². The van der Waals surface area contributed by atoms with E-state index in [1.165, 1.54) is 0 Å². The average molecular weight is 393 g/mol. The predicted molar refractivity (Wildman–Crippen MR) is 111 cm³/mol. The molecule has 0 radical (unpaired) electrons. The lowest BCUT2D eigenvalue weighted by atomic mass is 9.87. The molecular formula is C22H36N2O4. The van der Waals surface area contributed by atoms with E-state index in [4.69, 9.17) is 14.2 Å². The van der Waals surface area contributed by atoms with Crippen molar-refractivity contribution < 1.29 is 19.0 Å². The minimum absolute atomic E-state index is 0.0991. The molecule has 0 aliphatic carbocycles. The first-order chi connectivity index (χ1) is 13.1. The second kappa shape index (κ2) is 9.61. The first kappa shape index (κ1) is 22.5. The third kappa shape index (κ3) is 6.38. The lowest BCUT2D eigenvalue weighted by molar-refractivity contribution is -0.0417. The number of piperidine rings is 1. The van der Waals surface area contributed by atoms with E-state index in [9.17, 15) is 4.79 Å². The Morgan fingerprint density at radius 2 is 2.00 bits per heavy atom. The van der Waals surface area contributed by atoms with Crippen LogP contribution >= 0.6 is 0 Å². The smallest absolute Gasteiger partial charge is 0.410 e. The zero-order valence-corrected chi connectivity index (χ0v) is 18.4. The molecule has 0 spiro atoms. The van der Waals surface area contributed by atoms with Crippen molar-refractivity contribution in [3.63, 3.8) is 0 Å². The van der Waals surface area contributed by atoms with Crippen LogP contribution in [0.15, 0.2) is 24.3 Å². The van der Waals surface area contributed by atoms with Crippen molar-refractivity contribution in [2.45, 2.75) is 51.9 Å². The van der Waals surface area contributed by atoms with E-state index < -0.39 is 5.60 Å². The van der Waals surface area contributed by atoms with Gasteiger partial charge < -0.3 is 24.0 Å². The Morgan fingerprint density at radius 1 is 1.29 bits per heavy atom. The van der Waals surface area contributed by atoms with Gasteiger partial charge in [0, 0.05) is 26.1 Å². The number of nitrogens with zero attached hydrogens (tertiary/aromatic N) is 2. The molecule has 1 saturated heterocycles. The molecule has 28 heavy (non-hydrogen) atoms. The highest BCUT2D eigenvalue weighted by molar-refractivity contribution is 5.69. The number of benzene rings is 1. The molecule has 1 heterocycles. The van der Waals surface area contributed by atoms with Crippen molar-refractivity contribution in [3.8, 4) is 5.75 Å². The number of methoxy groups -OCH3 is 1. The van der Waals surface area contributed by atoms with Crippen molar-refractivity contribution in [1.82, 2.24) is 9.80 Å². The molecule has 0 N–H and O–H groups in total. The maximum Gasteiger partial charge on any atom is 0.410 e. The number of likely N-dealkylation sites (N-methyl/N-ethyl adjacent to an activating group) is 1. The molecule has 1 aromatic rings. The van der Waals surface area contributed by atoms with Crippen LogP contribution in [0, 0.1) is 5.92 Å². The number of hydrogen-bond donors (Lipinski definition) is 0. The Balaban J connectivity index is 2.23. The quantitative estimate of drug-likeness (QED) is 0.733. The van der Waals surface area contributed by atoms with Crippen molar-refractivity contribution in [2.24, 2.45) is 5.92 Å². The molecule has 1 aliphatic heterocycles. The molecule has 0 bridgehead atoms. The van der Waals surface area contributed by atoms with E-state index in [0.29, 0.717) is 13.2 Å².